The molecule has 0 radical (unpaired) electrons. The Labute approximate surface area is 126 Å². The van der Waals surface area contributed by atoms with E-state index in [0.29, 0.717) is 11.8 Å². The quantitative estimate of drug-likeness (QED) is 0.714. The van der Waals surface area contributed by atoms with Crippen LogP contribution in [0, 0.1) is 16.7 Å². The van der Waals surface area contributed by atoms with Crippen LogP contribution in [0.2, 0.25) is 0 Å². The average Bonchev–Trinajstić information content (AvgIpc) is 3.14. The molecule has 110 valence electrons. The fourth-order valence-electron chi connectivity index (χ4n) is 4.93. The van der Waals surface area contributed by atoms with Crippen molar-refractivity contribution in [1.29, 1.82) is 0 Å². The molecule has 0 unspecified atom stereocenters. The largest absolute Gasteiger partial charge is 0.311 e. The molecule has 0 spiro atoms. The molecule has 1 heterocycles. The summed E-state index contributed by atoms with van der Waals surface area (Å²) in [7, 11) is 0. The third kappa shape index (κ3) is 1.51. The van der Waals surface area contributed by atoms with Gasteiger partial charge >= 0.3 is 0 Å². The second-order valence-electron chi connectivity index (χ2n) is 7.56. The Hall–Kier alpha value is -1.57. The first kappa shape index (κ1) is 13.1. The number of anilines is 1. The van der Waals surface area contributed by atoms with Gasteiger partial charge in [0.2, 0.25) is 5.91 Å². The number of benzene rings is 1. The molecule has 2 fully saturated rings. The van der Waals surface area contributed by atoms with Crippen molar-refractivity contribution in [2.75, 3.05) is 11.4 Å². The Kier molecular flexibility index (Phi) is 2.50. The maximum Gasteiger partial charge on any atom is 0.237 e. The second kappa shape index (κ2) is 4.00. The van der Waals surface area contributed by atoms with Crippen LogP contribution in [-0.2, 0) is 11.2 Å². The number of nitrogens with zero attached hydrogens (tertiary/aromatic N) is 1. The van der Waals surface area contributed by atoms with Gasteiger partial charge in [0.25, 0.3) is 0 Å². The number of carbonyl (C=O) groups is 1. The maximum absolute atomic E-state index is 13.4. The molecular weight excluding hydrogens is 258 g/mol. The summed E-state index contributed by atoms with van der Waals surface area (Å²) in [5.74, 6) is 0.942. The highest BCUT2D eigenvalue weighted by atomic mass is 16.2. The zero-order chi connectivity index (χ0) is 14.8. The van der Waals surface area contributed by atoms with Crippen molar-refractivity contribution < 1.29 is 4.79 Å². The van der Waals surface area contributed by atoms with Crippen LogP contribution in [0.25, 0.3) is 0 Å². The zero-order valence-corrected chi connectivity index (χ0v) is 13.0. The molecule has 2 saturated carbocycles. The molecular formula is C19H23NO. The fourth-order valence-corrected chi connectivity index (χ4v) is 4.93. The molecule has 0 N–H and O–H groups in total. The molecule has 2 heteroatoms. The van der Waals surface area contributed by atoms with Gasteiger partial charge in [0.15, 0.2) is 0 Å². The van der Waals surface area contributed by atoms with Gasteiger partial charge in [0, 0.05) is 12.2 Å². The summed E-state index contributed by atoms with van der Waals surface area (Å²) < 4.78 is 0. The minimum Gasteiger partial charge on any atom is -0.311 e. The van der Waals surface area contributed by atoms with E-state index in [1.165, 1.54) is 17.6 Å². The fraction of sp³-hybridized carbons (Fsp3) is 0.526. The van der Waals surface area contributed by atoms with Crippen LogP contribution < -0.4 is 4.90 Å². The number of fused-ring (bicyclic) bond motifs is 3. The summed E-state index contributed by atoms with van der Waals surface area (Å²) >= 11 is 0. The van der Waals surface area contributed by atoms with Gasteiger partial charge in [-0.2, -0.15) is 0 Å². The number of para-hydroxylation sites is 1. The number of rotatable bonds is 1. The molecule has 2 atom stereocenters. The van der Waals surface area contributed by atoms with Crippen molar-refractivity contribution in [1.82, 2.24) is 0 Å². The molecule has 2 aliphatic carbocycles. The Morgan fingerprint density at radius 3 is 2.81 bits per heavy atom. The minimum atomic E-state index is -0.286. The molecule has 0 aromatic heterocycles. The topological polar surface area (TPSA) is 20.3 Å². The summed E-state index contributed by atoms with van der Waals surface area (Å²) in [5, 5.41) is 0. The van der Waals surface area contributed by atoms with Gasteiger partial charge in [-0.25, -0.2) is 0 Å². The monoisotopic (exact) mass is 281 g/mol. The Morgan fingerprint density at radius 1 is 1.33 bits per heavy atom. The van der Waals surface area contributed by atoms with Crippen molar-refractivity contribution in [2.45, 2.75) is 39.5 Å². The molecule has 2 nitrogen and oxygen atoms in total. The lowest BCUT2D eigenvalue weighted by Gasteiger charge is -2.39. The SMILES string of the molecule is C=C1C(C)(C)[C@H]2CC[C@@]1(C(=O)N1CCc3ccccc31)C2. The van der Waals surface area contributed by atoms with Crippen molar-refractivity contribution in [3.05, 3.63) is 42.0 Å². The Morgan fingerprint density at radius 2 is 2.10 bits per heavy atom. The first-order valence-electron chi connectivity index (χ1n) is 8.06. The van der Waals surface area contributed by atoms with Gasteiger partial charge in [-0.1, -0.05) is 44.2 Å². The average molecular weight is 281 g/mol. The number of hydrogen-bond acceptors (Lipinski definition) is 1. The van der Waals surface area contributed by atoms with Gasteiger partial charge in [0.1, 0.15) is 0 Å². The number of amides is 1. The van der Waals surface area contributed by atoms with E-state index in [1.807, 2.05) is 11.0 Å². The standard InChI is InChI=1S/C19H23NO/c1-13-18(2,3)15-8-10-19(13,12-15)17(21)20-11-9-14-6-4-5-7-16(14)20/h4-7,15H,1,8-12H2,2-3H3/t15-,19+/m0/s1. The van der Waals surface area contributed by atoms with Gasteiger partial charge in [0.05, 0.1) is 5.41 Å². The second-order valence-corrected chi connectivity index (χ2v) is 7.56. The highest BCUT2D eigenvalue weighted by Crippen LogP contribution is 2.66. The summed E-state index contributed by atoms with van der Waals surface area (Å²) in [4.78, 5) is 15.4. The molecule has 4 rings (SSSR count). The minimum absolute atomic E-state index is 0.118. The van der Waals surface area contributed by atoms with Crippen molar-refractivity contribution in [3.8, 4) is 0 Å². The number of hydrogen-bond donors (Lipinski definition) is 0. The molecule has 1 aromatic rings. The maximum atomic E-state index is 13.4. The van der Waals surface area contributed by atoms with Crippen LogP contribution in [0.15, 0.2) is 36.4 Å². The Bertz CT molecular complexity index is 645. The van der Waals surface area contributed by atoms with Crippen LogP contribution in [-0.4, -0.2) is 12.5 Å². The van der Waals surface area contributed by atoms with Crippen LogP contribution in [0.3, 0.4) is 0 Å². The molecule has 3 aliphatic rings. The van der Waals surface area contributed by atoms with E-state index in [2.05, 4.69) is 38.6 Å². The Balaban J connectivity index is 1.72. The van der Waals surface area contributed by atoms with Crippen LogP contribution in [0.1, 0.15) is 38.7 Å². The van der Waals surface area contributed by atoms with E-state index in [4.69, 9.17) is 0 Å². The normalized spacial score (nSPS) is 32.6. The molecule has 1 aliphatic heterocycles. The molecule has 1 aromatic carbocycles. The zero-order valence-electron chi connectivity index (χ0n) is 13.0. The van der Waals surface area contributed by atoms with Gasteiger partial charge in [-0.15, -0.1) is 0 Å². The lowest BCUT2D eigenvalue weighted by atomic mass is 9.68. The first-order valence-corrected chi connectivity index (χ1v) is 8.06. The van der Waals surface area contributed by atoms with Crippen molar-refractivity contribution >= 4 is 11.6 Å². The molecule has 2 bridgehead atoms. The van der Waals surface area contributed by atoms with Gasteiger partial charge < -0.3 is 4.90 Å². The smallest absolute Gasteiger partial charge is 0.237 e. The van der Waals surface area contributed by atoms with Crippen molar-refractivity contribution in [2.24, 2.45) is 16.7 Å². The van der Waals surface area contributed by atoms with Crippen LogP contribution >= 0.6 is 0 Å². The van der Waals surface area contributed by atoms with Crippen molar-refractivity contribution in [3.63, 3.8) is 0 Å². The van der Waals surface area contributed by atoms with Crippen LogP contribution in [0.5, 0.6) is 0 Å². The van der Waals surface area contributed by atoms with E-state index in [-0.39, 0.29) is 10.8 Å². The first-order chi connectivity index (χ1) is 9.97. The predicted octanol–water partition coefficient (Wildman–Crippen LogP) is 3.96. The van der Waals surface area contributed by atoms with E-state index in [9.17, 15) is 4.79 Å². The highest BCUT2D eigenvalue weighted by Gasteiger charge is 2.62. The van der Waals surface area contributed by atoms with E-state index >= 15 is 0 Å². The lowest BCUT2D eigenvalue weighted by molar-refractivity contribution is -0.125. The lowest BCUT2D eigenvalue weighted by Crippen LogP contribution is -2.43. The van der Waals surface area contributed by atoms with Gasteiger partial charge in [-0.05, 0) is 48.6 Å². The third-order valence-electron chi connectivity index (χ3n) is 6.43. The summed E-state index contributed by atoms with van der Waals surface area (Å²) in [6.07, 6.45) is 4.16. The molecule has 0 saturated heterocycles. The van der Waals surface area contributed by atoms with E-state index in [0.717, 1.165) is 31.5 Å². The summed E-state index contributed by atoms with van der Waals surface area (Å²) in [6.45, 7) is 9.73. The summed E-state index contributed by atoms with van der Waals surface area (Å²) in [6, 6.07) is 8.33. The van der Waals surface area contributed by atoms with E-state index in [1.54, 1.807) is 0 Å². The molecule has 21 heavy (non-hydrogen) atoms. The highest BCUT2D eigenvalue weighted by molar-refractivity contribution is 6.02. The molecule has 1 amide bonds. The van der Waals surface area contributed by atoms with E-state index < -0.39 is 0 Å². The predicted molar refractivity (Wildman–Crippen MR) is 85.2 cm³/mol. The van der Waals surface area contributed by atoms with Crippen LogP contribution in [0.4, 0.5) is 5.69 Å². The third-order valence-corrected chi connectivity index (χ3v) is 6.43. The number of carbonyl (C=O) groups excluding carboxylic acids is 1. The summed E-state index contributed by atoms with van der Waals surface area (Å²) in [5.41, 5.74) is 3.44. The van der Waals surface area contributed by atoms with Gasteiger partial charge in [-0.3, -0.25) is 4.79 Å².